The Labute approximate surface area is 109 Å². The van der Waals surface area contributed by atoms with E-state index in [1.807, 2.05) is 31.2 Å². The Hall–Kier alpha value is -1.79. The lowest BCUT2D eigenvalue weighted by Gasteiger charge is -2.08. The van der Waals surface area contributed by atoms with E-state index in [0.717, 1.165) is 15.8 Å². The first-order chi connectivity index (χ1) is 8.19. The van der Waals surface area contributed by atoms with E-state index in [0.29, 0.717) is 5.56 Å². The van der Waals surface area contributed by atoms with Crippen LogP contribution in [0.2, 0.25) is 0 Å². The van der Waals surface area contributed by atoms with Gasteiger partial charge in [0.05, 0.1) is 11.6 Å². The molecule has 2 rings (SSSR count). The van der Waals surface area contributed by atoms with Gasteiger partial charge in [0.25, 0.3) is 0 Å². The number of nitriles is 1. The van der Waals surface area contributed by atoms with Crippen molar-refractivity contribution in [2.24, 2.45) is 0 Å². The highest BCUT2D eigenvalue weighted by molar-refractivity contribution is 9.10. The molecule has 0 spiro atoms. The lowest BCUT2D eigenvalue weighted by atomic mass is 10.2. The molecule has 3 heteroatoms. The fourth-order valence-electron chi connectivity index (χ4n) is 1.52. The van der Waals surface area contributed by atoms with Gasteiger partial charge in [-0.15, -0.1) is 0 Å². The number of nitrogens with zero attached hydrogens (tertiary/aromatic N) is 1. The van der Waals surface area contributed by atoms with Crippen molar-refractivity contribution in [3.05, 3.63) is 58.1 Å². The molecule has 0 aliphatic carbocycles. The van der Waals surface area contributed by atoms with Crippen LogP contribution in [0.4, 0.5) is 11.4 Å². The fraction of sp³-hybridized carbons (Fsp3) is 0.0714. The number of rotatable bonds is 2. The molecule has 0 atom stereocenters. The fourth-order valence-corrected chi connectivity index (χ4v) is 1.76. The Kier molecular flexibility index (Phi) is 3.46. The molecule has 0 amide bonds. The van der Waals surface area contributed by atoms with Gasteiger partial charge in [-0.1, -0.05) is 15.9 Å². The zero-order valence-electron chi connectivity index (χ0n) is 9.37. The van der Waals surface area contributed by atoms with E-state index in [2.05, 4.69) is 33.4 Å². The summed E-state index contributed by atoms with van der Waals surface area (Å²) < 4.78 is 1.10. The third-order valence-corrected chi connectivity index (χ3v) is 3.35. The molecule has 0 aliphatic rings. The predicted molar refractivity (Wildman–Crippen MR) is 73.3 cm³/mol. The Morgan fingerprint density at radius 3 is 2.29 bits per heavy atom. The highest BCUT2D eigenvalue weighted by atomic mass is 79.9. The van der Waals surface area contributed by atoms with Crippen molar-refractivity contribution in [1.82, 2.24) is 0 Å². The quantitative estimate of drug-likeness (QED) is 0.890. The minimum atomic E-state index is 0.669. The van der Waals surface area contributed by atoms with E-state index in [1.54, 1.807) is 12.1 Å². The third-order valence-electron chi connectivity index (χ3n) is 2.46. The smallest absolute Gasteiger partial charge is 0.0991 e. The average molecular weight is 287 g/mol. The second-order valence-electron chi connectivity index (χ2n) is 3.78. The monoisotopic (exact) mass is 286 g/mol. The summed E-state index contributed by atoms with van der Waals surface area (Å²) in [5, 5.41) is 12.0. The van der Waals surface area contributed by atoms with Gasteiger partial charge in [0.1, 0.15) is 0 Å². The maximum atomic E-state index is 8.71. The Morgan fingerprint density at radius 2 is 1.71 bits per heavy atom. The van der Waals surface area contributed by atoms with Crippen molar-refractivity contribution in [3.63, 3.8) is 0 Å². The van der Waals surface area contributed by atoms with Crippen LogP contribution >= 0.6 is 15.9 Å². The summed E-state index contributed by atoms with van der Waals surface area (Å²) in [6.07, 6.45) is 0. The molecule has 84 valence electrons. The van der Waals surface area contributed by atoms with Gasteiger partial charge < -0.3 is 5.32 Å². The van der Waals surface area contributed by atoms with Gasteiger partial charge in [0.15, 0.2) is 0 Å². The zero-order chi connectivity index (χ0) is 12.3. The molecular formula is C14H11BrN2. The van der Waals surface area contributed by atoms with Crippen LogP contribution in [0.25, 0.3) is 0 Å². The van der Waals surface area contributed by atoms with Crippen LogP contribution in [-0.4, -0.2) is 0 Å². The molecule has 0 radical (unpaired) electrons. The van der Waals surface area contributed by atoms with Gasteiger partial charge in [-0.2, -0.15) is 5.26 Å². The van der Waals surface area contributed by atoms with Crippen LogP contribution in [0.3, 0.4) is 0 Å². The maximum Gasteiger partial charge on any atom is 0.0991 e. The average Bonchev–Trinajstić information content (AvgIpc) is 2.35. The summed E-state index contributed by atoms with van der Waals surface area (Å²) in [7, 11) is 0. The summed E-state index contributed by atoms with van der Waals surface area (Å²) in [6, 6.07) is 15.6. The van der Waals surface area contributed by atoms with Crippen molar-refractivity contribution in [2.45, 2.75) is 6.92 Å². The van der Waals surface area contributed by atoms with Crippen molar-refractivity contribution in [3.8, 4) is 6.07 Å². The molecule has 0 aromatic heterocycles. The Bertz CT molecular complexity index is 568. The van der Waals surface area contributed by atoms with Gasteiger partial charge in [-0.05, 0) is 55.0 Å². The highest BCUT2D eigenvalue weighted by Gasteiger charge is 1.98. The second-order valence-corrected chi connectivity index (χ2v) is 4.63. The van der Waals surface area contributed by atoms with Crippen molar-refractivity contribution in [2.75, 3.05) is 5.32 Å². The second kappa shape index (κ2) is 5.03. The summed E-state index contributed by atoms with van der Waals surface area (Å²) in [4.78, 5) is 0. The molecule has 0 unspecified atom stereocenters. The largest absolute Gasteiger partial charge is 0.356 e. The maximum absolute atomic E-state index is 8.71. The summed E-state index contributed by atoms with van der Waals surface area (Å²) in [5.74, 6) is 0. The van der Waals surface area contributed by atoms with E-state index in [9.17, 15) is 0 Å². The number of hydrogen-bond donors (Lipinski definition) is 1. The molecule has 2 aromatic carbocycles. The lowest BCUT2D eigenvalue weighted by Crippen LogP contribution is -1.91. The number of benzene rings is 2. The molecule has 17 heavy (non-hydrogen) atoms. The minimum absolute atomic E-state index is 0.669. The van der Waals surface area contributed by atoms with E-state index >= 15 is 0 Å². The molecule has 0 bridgehead atoms. The van der Waals surface area contributed by atoms with Crippen LogP contribution in [0.5, 0.6) is 0 Å². The Morgan fingerprint density at radius 1 is 1.06 bits per heavy atom. The van der Waals surface area contributed by atoms with E-state index in [4.69, 9.17) is 5.26 Å². The van der Waals surface area contributed by atoms with Crippen LogP contribution in [-0.2, 0) is 0 Å². The summed E-state index contributed by atoms with van der Waals surface area (Å²) >= 11 is 3.47. The molecule has 2 nitrogen and oxygen atoms in total. The van der Waals surface area contributed by atoms with E-state index in [1.165, 1.54) is 5.56 Å². The summed E-state index contributed by atoms with van der Waals surface area (Å²) in [6.45, 7) is 2.05. The first-order valence-electron chi connectivity index (χ1n) is 5.22. The lowest BCUT2D eigenvalue weighted by molar-refractivity contribution is 1.41. The molecule has 1 N–H and O–H groups in total. The minimum Gasteiger partial charge on any atom is -0.356 e. The standard InChI is InChI=1S/C14H11BrN2/c1-10-8-13(6-7-14(10)15)17-12-4-2-11(9-16)3-5-12/h2-8,17H,1H3. The van der Waals surface area contributed by atoms with E-state index < -0.39 is 0 Å². The van der Waals surface area contributed by atoms with Crippen molar-refractivity contribution in [1.29, 1.82) is 5.26 Å². The SMILES string of the molecule is Cc1cc(Nc2ccc(C#N)cc2)ccc1Br. The van der Waals surface area contributed by atoms with Gasteiger partial charge >= 0.3 is 0 Å². The topological polar surface area (TPSA) is 35.8 Å². The van der Waals surface area contributed by atoms with Crippen LogP contribution in [0, 0.1) is 18.3 Å². The van der Waals surface area contributed by atoms with Gasteiger partial charge in [-0.3, -0.25) is 0 Å². The van der Waals surface area contributed by atoms with Crippen LogP contribution in [0.1, 0.15) is 11.1 Å². The third kappa shape index (κ3) is 2.86. The molecule has 0 saturated heterocycles. The number of nitrogens with one attached hydrogen (secondary N) is 1. The number of hydrogen-bond acceptors (Lipinski definition) is 2. The van der Waals surface area contributed by atoms with Gasteiger partial charge in [0.2, 0.25) is 0 Å². The van der Waals surface area contributed by atoms with Crippen LogP contribution < -0.4 is 5.32 Å². The molecule has 0 fully saturated rings. The molecule has 0 aliphatic heterocycles. The zero-order valence-corrected chi connectivity index (χ0v) is 11.0. The van der Waals surface area contributed by atoms with Crippen LogP contribution in [0.15, 0.2) is 46.9 Å². The molecule has 0 saturated carbocycles. The van der Waals surface area contributed by atoms with Gasteiger partial charge in [-0.25, -0.2) is 0 Å². The first-order valence-corrected chi connectivity index (χ1v) is 6.01. The Balaban J connectivity index is 2.20. The van der Waals surface area contributed by atoms with Gasteiger partial charge in [0, 0.05) is 15.8 Å². The number of aryl methyl sites for hydroxylation is 1. The number of anilines is 2. The summed E-state index contributed by atoms with van der Waals surface area (Å²) in [5.41, 5.74) is 3.87. The molecule has 2 aromatic rings. The van der Waals surface area contributed by atoms with E-state index in [-0.39, 0.29) is 0 Å². The highest BCUT2D eigenvalue weighted by Crippen LogP contribution is 2.23. The normalized spacial score (nSPS) is 9.71. The van der Waals surface area contributed by atoms with Crippen molar-refractivity contribution >= 4 is 27.3 Å². The predicted octanol–water partition coefficient (Wildman–Crippen LogP) is 4.37. The molecule has 0 heterocycles. The first kappa shape index (κ1) is 11.7. The number of halogens is 1. The van der Waals surface area contributed by atoms with Crippen molar-refractivity contribution < 1.29 is 0 Å². The molecular weight excluding hydrogens is 276 g/mol.